The first-order chi connectivity index (χ1) is 18.2. The molecule has 2 nitrogen and oxygen atoms in total. The predicted octanol–water partition coefficient (Wildman–Crippen LogP) is 8.23. The van der Waals surface area contributed by atoms with Gasteiger partial charge in [-0.15, -0.1) is 0 Å². The maximum Gasteiger partial charge on any atom is 0.121 e. The van der Waals surface area contributed by atoms with Crippen LogP contribution in [0.15, 0.2) is 48.5 Å². The van der Waals surface area contributed by atoms with Crippen LogP contribution in [0, 0.1) is 59.2 Å². The molecule has 10 atom stereocenters. The van der Waals surface area contributed by atoms with Crippen LogP contribution in [0.3, 0.4) is 0 Å². The molecule has 2 heteroatoms. The van der Waals surface area contributed by atoms with Gasteiger partial charge in [0.1, 0.15) is 12.2 Å². The number of hydrogen-bond donors (Lipinski definition) is 0. The summed E-state index contributed by atoms with van der Waals surface area (Å²) in [7, 11) is 0. The normalized spacial score (nSPS) is 34.9. The number of hydrogen-bond acceptors (Lipinski definition) is 2. The third-order valence-electron chi connectivity index (χ3n) is 9.71. The van der Waals surface area contributed by atoms with Crippen molar-refractivity contribution in [3.63, 3.8) is 0 Å². The van der Waals surface area contributed by atoms with Gasteiger partial charge >= 0.3 is 0 Å². The third-order valence-corrected chi connectivity index (χ3v) is 9.71. The van der Waals surface area contributed by atoms with E-state index in [1.165, 1.54) is 11.1 Å². The van der Waals surface area contributed by atoms with E-state index < -0.39 is 0 Å². The highest BCUT2D eigenvalue weighted by molar-refractivity contribution is 5.65. The van der Waals surface area contributed by atoms with E-state index >= 15 is 0 Å². The van der Waals surface area contributed by atoms with Crippen molar-refractivity contribution in [3.05, 3.63) is 59.7 Å². The van der Waals surface area contributed by atoms with E-state index in [0.717, 1.165) is 24.0 Å². The summed E-state index contributed by atoms with van der Waals surface area (Å²) in [6.45, 7) is 18.3. The first-order valence-corrected chi connectivity index (χ1v) is 14.8. The molecule has 0 bridgehead atoms. The van der Waals surface area contributed by atoms with Gasteiger partial charge in [0, 0.05) is 11.1 Å². The van der Waals surface area contributed by atoms with Crippen LogP contribution in [-0.2, 0) is 9.47 Å². The van der Waals surface area contributed by atoms with E-state index in [1.54, 1.807) is 0 Å². The molecule has 0 aliphatic carbocycles. The molecule has 4 rings (SSSR count). The summed E-state index contributed by atoms with van der Waals surface area (Å²) in [4.78, 5) is 0. The minimum atomic E-state index is 0.000878. The highest BCUT2D eigenvalue weighted by Crippen LogP contribution is 2.37. The third kappa shape index (κ3) is 6.20. The van der Waals surface area contributed by atoms with Gasteiger partial charge in [-0.25, -0.2) is 0 Å². The van der Waals surface area contributed by atoms with Gasteiger partial charge in [0.25, 0.3) is 0 Å². The van der Waals surface area contributed by atoms with Gasteiger partial charge in [-0.2, -0.15) is 0 Å². The van der Waals surface area contributed by atoms with Crippen LogP contribution in [0.1, 0.15) is 79.4 Å². The Morgan fingerprint density at radius 3 is 1.16 bits per heavy atom. The Labute approximate surface area is 231 Å². The minimum absolute atomic E-state index is 0.000878. The lowest BCUT2D eigenvalue weighted by Gasteiger charge is -2.41. The zero-order chi connectivity index (χ0) is 27.4. The highest BCUT2D eigenvalue weighted by Gasteiger charge is 2.38. The zero-order valence-corrected chi connectivity index (χ0v) is 24.6. The van der Waals surface area contributed by atoms with Gasteiger partial charge in [0.05, 0.1) is 12.2 Å². The molecule has 38 heavy (non-hydrogen) atoms. The number of benzene rings is 2. The van der Waals surface area contributed by atoms with Crippen molar-refractivity contribution in [3.8, 4) is 34.8 Å². The highest BCUT2D eigenvalue weighted by atomic mass is 16.5. The van der Waals surface area contributed by atoms with Gasteiger partial charge in [-0.1, -0.05) is 103 Å². The van der Waals surface area contributed by atoms with Crippen molar-refractivity contribution >= 4 is 0 Å². The Morgan fingerprint density at radius 1 is 0.500 bits per heavy atom. The Bertz CT molecular complexity index is 1070. The molecule has 0 N–H and O–H groups in total. The molecule has 0 radical (unpaired) electrons. The predicted molar refractivity (Wildman–Crippen MR) is 159 cm³/mol. The summed E-state index contributed by atoms with van der Waals surface area (Å²) in [5.41, 5.74) is 4.43. The quantitative estimate of drug-likeness (QED) is 0.387. The van der Waals surface area contributed by atoms with Gasteiger partial charge in [-0.3, -0.25) is 0 Å². The average molecular weight is 511 g/mol. The van der Waals surface area contributed by atoms with E-state index in [2.05, 4.69) is 128 Å². The van der Waals surface area contributed by atoms with Crippen LogP contribution >= 0.6 is 0 Å². The summed E-state index contributed by atoms with van der Waals surface area (Å²) < 4.78 is 12.7. The smallest absolute Gasteiger partial charge is 0.121 e. The zero-order valence-electron chi connectivity index (χ0n) is 24.6. The molecule has 0 aromatic heterocycles. The average Bonchev–Trinajstić information content (AvgIpc) is 2.94. The molecule has 2 fully saturated rings. The van der Waals surface area contributed by atoms with Crippen LogP contribution in [-0.4, -0.2) is 24.4 Å². The summed E-state index contributed by atoms with van der Waals surface area (Å²) in [6, 6.07) is 17.1. The van der Waals surface area contributed by atoms with Gasteiger partial charge < -0.3 is 9.47 Å². The molecule has 2 aliphatic rings. The molecule has 2 aromatic carbocycles. The van der Waals surface area contributed by atoms with Gasteiger partial charge in [0.15, 0.2) is 0 Å². The second-order valence-electron chi connectivity index (χ2n) is 11.9. The minimum Gasteiger partial charge on any atom is -0.362 e. The van der Waals surface area contributed by atoms with E-state index in [9.17, 15) is 0 Å². The fourth-order valence-corrected chi connectivity index (χ4v) is 6.13. The van der Waals surface area contributed by atoms with Crippen molar-refractivity contribution in [2.45, 2.75) is 92.6 Å². The molecular weight excluding hydrogens is 464 g/mol. The van der Waals surface area contributed by atoms with Crippen LogP contribution in [0.2, 0.25) is 0 Å². The van der Waals surface area contributed by atoms with Gasteiger partial charge in [-0.05, 0) is 83.7 Å². The molecule has 2 saturated heterocycles. The lowest BCUT2D eigenvalue weighted by atomic mass is 9.76. The molecule has 0 amide bonds. The fraction of sp³-hybridized carbons (Fsp3) is 0.556. The van der Waals surface area contributed by atoms with Crippen LogP contribution in [0.5, 0.6) is 0 Å². The second-order valence-corrected chi connectivity index (χ2v) is 11.9. The Hall–Kier alpha value is -2.52. The molecular formula is C36H46O2. The second kappa shape index (κ2) is 12.6. The van der Waals surface area contributed by atoms with E-state index in [-0.39, 0.29) is 12.2 Å². The first kappa shape index (κ1) is 28.5. The topological polar surface area (TPSA) is 18.5 Å². The Kier molecular flexibility index (Phi) is 9.41. The monoisotopic (exact) mass is 510 g/mol. The molecule has 2 heterocycles. The lowest BCUT2D eigenvalue weighted by molar-refractivity contribution is -0.109. The molecule has 0 saturated carbocycles. The molecule has 2 aromatic rings. The number of ether oxygens (including phenoxy) is 2. The van der Waals surface area contributed by atoms with Crippen molar-refractivity contribution in [2.24, 2.45) is 35.5 Å². The van der Waals surface area contributed by atoms with Crippen molar-refractivity contribution in [1.82, 2.24) is 0 Å². The summed E-state index contributed by atoms with van der Waals surface area (Å²) >= 11 is 0. The van der Waals surface area contributed by atoms with Gasteiger partial charge in [0.2, 0.25) is 0 Å². The van der Waals surface area contributed by atoms with Crippen LogP contribution in [0.25, 0.3) is 11.1 Å². The van der Waals surface area contributed by atoms with Crippen LogP contribution in [0.4, 0.5) is 0 Å². The fourth-order valence-electron chi connectivity index (χ4n) is 6.13. The lowest BCUT2D eigenvalue weighted by Crippen LogP contribution is -2.43. The number of rotatable bonds is 3. The van der Waals surface area contributed by atoms with E-state index in [1.807, 2.05) is 0 Å². The Morgan fingerprint density at radius 2 is 0.842 bits per heavy atom. The Balaban J connectivity index is 1.41. The summed E-state index contributed by atoms with van der Waals surface area (Å²) in [5, 5.41) is 0. The van der Waals surface area contributed by atoms with Crippen molar-refractivity contribution in [1.29, 1.82) is 0 Å². The molecule has 0 unspecified atom stereocenters. The summed E-state index contributed by atoms with van der Waals surface area (Å²) in [5.74, 6) is 16.9. The maximum atomic E-state index is 6.35. The van der Waals surface area contributed by atoms with Crippen molar-refractivity contribution in [2.75, 3.05) is 0 Å². The first-order valence-electron chi connectivity index (χ1n) is 14.8. The largest absolute Gasteiger partial charge is 0.362 e. The molecule has 202 valence electrons. The van der Waals surface area contributed by atoms with Crippen molar-refractivity contribution < 1.29 is 9.47 Å². The standard InChI is InChI=1S/C36H46O2/c1-9-33-25(5)23(3)27(7)35(37-33)21-15-29-11-17-31(18-12-29)32-19-13-30(14-20-32)16-22-36-28(8)24(4)26(6)34(10-2)38-36/h11-14,17-20,23-28,33-36H,9-10H2,1-8H3/t23-,24-,25-,26-,27-,28-,33+,34+,35+,36+/m0/s1. The summed E-state index contributed by atoms with van der Waals surface area (Å²) in [6.07, 6.45) is 2.69. The maximum absolute atomic E-state index is 6.35. The van der Waals surface area contributed by atoms with Crippen LogP contribution < -0.4 is 0 Å². The molecule has 0 spiro atoms. The van der Waals surface area contributed by atoms with E-state index in [0.29, 0.717) is 47.7 Å². The SMILES string of the molecule is CC[C@H]1O[C@H](C#Cc2ccc(-c3ccc(C#C[C@H]4O[C@H](CC)[C@@H](C)[C@H](C)[C@@H]4C)cc3)cc2)[C@@H](C)[C@@H](C)[C@@H]1C. The van der Waals surface area contributed by atoms with E-state index in [4.69, 9.17) is 9.47 Å². The molecule has 2 aliphatic heterocycles.